The summed E-state index contributed by atoms with van der Waals surface area (Å²) in [5, 5.41) is 5.94. The molecule has 0 saturated carbocycles. The zero-order valence-corrected chi connectivity index (χ0v) is 14.2. The highest BCUT2D eigenvalue weighted by Gasteiger charge is 2.17. The smallest absolute Gasteiger partial charge is 0.407 e. The molecule has 0 bridgehead atoms. The third kappa shape index (κ3) is 12.0. The van der Waals surface area contributed by atoms with E-state index in [1.165, 1.54) is 0 Å². The lowest BCUT2D eigenvalue weighted by Crippen LogP contribution is -2.47. The van der Waals surface area contributed by atoms with E-state index in [0.29, 0.717) is 19.0 Å². The lowest BCUT2D eigenvalue weighted by molar-refractivity contribution is 0.0523. The standard InChI is InChI=1S/C15H32N4O2/c1-6-8-9-12(19-13(16)17-10-7-2)11-18-14(20)21-15(3,4)5/h12H,6-11H2,1-5H3,(H,18,20)(H3,16,17,19). The van der Waals surface area contributed by atoms with E-state index >= 15 is 0 Å². The molecule has 1 unspecified atom stereocenters. The van der Waals surface area contributed by atoms with Crippen molar-refractivity contribution >= 4 is 12.1 Å². The van der Waals surface area contributed by atoms with Crippen LogP contribution in [0.4, 0.5) is 4.79 Å². The summed E-state index contributed by atoms with van der Waals surface area (Å²) in [4.78, 5) is 15.9. The van der Waals surface area contributed by atoms with Crippen molar-refractivity contribution < 1.29 is 9.53 Å². The van der Waals surface area contributed by atoms with E-state index < -0.39 is 11.7 Å². The topological polar surface area (TPSA) is 88.7 Å². The fourth-order valence-corrected chi connectivity index (χ4v) is 1.68. The summed E-state index contributed by atoms with van der Waals surface area (Å²) in [6, 6.07) is 0.0677. The van der Waals surface area contributed by atoms with E-state index in [4.69, 9.17) is 10.5 Å². The average Bonchev–Trinajstić information content (AvgIpc) is 2.37. The third-order valence-corrected chi connectivity index (χ3v) is 2.66. The summed E-state index contributed by atoms with van der Waals surface area (Å²) in [5.41, 5.74) is 5.35. The third-order valence-electron chi connectivity index (χ3n) is 2.66. The SMILES string of the molecule is CCCCC(CNC(=O)OC(C)(C)C)NC(N)=NCCC. The Labute approximate surface area is 128 Å². The van der Waals surface area contributed by atoms with Crippen molar-refractivity contribution in [3.63, 3.8) is 0 Å². The largest absolute Gasteiger partial charge is 0.444 e. The zero-order valence-electron chi connectivity index (χ0n) is 14.2. The van der Waals surface area contributed by atoms with Crippen molar-refractivity contribution in [3.05, 3.63) is 0 Å². The van der Waals surface area contributed by atoms with E-state index in [-0.39, 0.29) is 6.04 Å². The van der Waals surface area contributed by atoms with Crippen LogP contribution in [0.15, 0.2) is 4.99 Å². The number of hydrogen-bond donors (Lipinski definition) is 3. The molecule has 6 heteroatoms. The van der Waals surface area contributed by atoms with Gasteiger partial charge in [0.2, 0.25) is 0 Å². The number of ether oxygens (including phenoxy) is 1. The molecule has 1 amide bonds. The second kappa shape index (κ2) is 10.3. The first-order chi connectivity index (χ1) is 9.78. The first-order valence-corrected chi connectivity index (χ1v) is 7.81. The second-order valence-corrected chi connectivity index (χ2v) is 6.13. The van der Waals surface area contributed by atoms with Gasteiger partial charge in [-0.15, -0.1) is 0 Å². The predicted molar refractivity (Wildman–Crippen MR) is 87.5 cm³/mol. The summed E-state index contributed by atoms with van der Waals surface area (Å²) in [6.45, 7) is 10.9. The lowest BCUT2D eigenvalue weighted by atomic mass is 10.1. The maximum absolute atomic E-state index is 11.7. The maximum Gasteiger partial charge on any atom is 0.407 e. The van der Waals surface area contributed by atoms with Gasteiger partial charge in [0.1, 0.15) is 5.60 Å². The number of unbranched alkanes of at least 4 members (excludes halogenated alkanes) is 1. The van der Waals surface area contributed by atoms with Crippen LogP contribution < -0.4 is 16.4 Å². The molecule has 0 saturated heterocycles. The molecule has 0 radical (unpaired) electrons. The van der Waals surface area contributed by atoms with Crippen LogP contribution in [-0.2, 0) is 4.74 Å². The summed E-state index contributed by atoms with van der Waals surface area (Å²) in [7, 11) is 0. The highest BCUT2D eigenvalue weighted by Crippen LogP contribution is 2.06. The van der Waals surface area contributed by atoms with Gasteiger partial charge in [-0.05, 0) is 33.6 Å². The van der Waals surface area contributed by atoms with Gasteiger partial charge < -0.3 is 21.1 Å². The van der Waals surface area contributed by atoms with Gasteiger partial charge in [0.15, 0.2) is 5.96 Å². The van der Waals surface area contributed by atoms with Crippen LogP contribution in [0.2, 0.25) is 0 Å². The van der Waals surface area contributed by atoms with Gasteiger partial charge in [0.05, 0.1) is 0 Å². The van der Waals surface area contributed by atoms with Crippen molar-refractivity contribution in [1.29, 1.82) is 0 Å². The first-order valence-electron chi connectivity index (χ1n) is 7.81. The minimum Gasteiger partial charge on any atom is -0.444 e. The molecule has 0 spiro atoms. The number of alkyl carbamates (subject to hydrolysis) is 1. The molecule has 0 aliphatic carbocycles. The highest BCUT2D eigenvalue weighted by atomic mass is 16.6. The minimum absolute atomic E-state index is 0.0677. The number of nitrogens with one attached hydrogen (secondary N) is 2. The number of aliphatic imine (C=N–C) groups is 1. The molecule has 0 aliphatic heterocycles. The molecular weight excluding hydrogens is 268 g/mol. The monoisotopic (exact) mass is 300 g/mol. The predicted octanol–water partition coefficient (Wildman–Crippen LogP) is 2.38. The molecular formula is C15H32N4O2. The average molecular weight is 300 g/mol. The van der Waals surface area contributed by atoms with E-state index in [0.717, 1.165) is 25.7 Å². The van der Waals surface area contributed by atoms with Crippen LogP contribution in [0.5, 0.6) is 0 Å². The Morgan fingerprint density at radius 3 is 2.48 bits per heavy atom. The van der Waals surface area contributed by atoms with Crippen LogP contribution in [0.25, 0.3) is 0 Å². The zero-order chi connectivity index (χ0) is 16.3. The van der Waals surface area contributed by atoms with Crippen LogP contribution in [0.1, 0.15) is 60.3 Å². The Morgan fingerprint density at radius 2 is 1.95 bits per heavy atom. The quantitative estimate of drug-likeness (QED) is 0.474. The van der Waals surface area contributed by atoms with E-state index in [9.17, 15) is 4.79 Å². The Kier molecular flexibility index (Phi) is 9.58. The van der Waals surface area contributed by atoms with Gasteiger partial charge in [0, 0.05) is 19.1 Å². The molecule has 4 N–H and O–H groups in total. The van der Waals surface area contributed by atoms with Crippen molar-refractivity contribution in [2.75, 3.05) is 13.1 Å². The van der Waals surface area contributed by atoms with E-state index in [1.807, 2.05) is 20.8 Å². The van der Waals surface area contributed by atoms with Crippen molar-refractivity contribution in [2.24, 2.45) is 10.7 Å². The molecule has 21 heavy (non-hydrogen) atoms. The number of carbonyl (C=O) groups excluding carboxylic acids is 1. The molecule has 124 valence electrons. The first kappa shape index (κ1) is 19.5. The van der Waals surface area contributed by atoms with Gasteiger partial charge in [-0.3, -0.25) is 4.99 Å². The normalized spacial score (nSPS) is 13.7. The summed E-state index contributed by atoms with van der Waals surface area (Å²) < 4.78 is 5.22. The molecule has 0 aromatic carbocycles. The van der Waals surface area contributed by atoms with Crippen LogP contribution in [0, 0.1) is 0 Å². The Morgan fingerprint density at radius 1 is 1.29 bits per heavy atom. The summed E-state index contributed by atoms with van der Waals surface area (Å²) in [6.07, 6.45) is 3.63. The number of hydrogen-bond acceptors (Lipinski definition) is 3. The fourth-order valence-electron chi connectivity index (χ4n) is 1.68. The minimum atomic E-state index is -0.488. The molecule has 0 aliphatic rings. The summed E-state index contributed by atoms with van der Waals surface area (Å²) in [5.74, 6) is 0.434. The summed E-state index contributed by atoms with van der Waals surface area (Å²) >= 11 is 0. The fraction of sp³-hybridized carbons (Fsp3) is 0.867. The number of rotatable bonds is 8. The van der Waals surface area contributed by atoms with Gasteiger partial charge in [0.25, 0.3) is 0 Å². The van der Waals surface area contributed by atoms with Crippen LogP contribution >= 0.6 is 0 Å². The molecule has 6 nitrogen and oxygen atoms in total. The van der Waals surface area contributed by atoms with Gasteiger partial charge in [-0.2, -0.15) is 0 Å². The number of guanidine groups is 1. The highest BCUT2D eigenvalue weighted by molar-refractivity contribution is 5.78. The van der Waals surface area contributed by atoms with Gasteiger partial charge in [-0.25, -0.2) is 4.79 Å². The molecule has 1 atom stereocenters. The maximum atomic E-state index is 11.7. The van der Waals surface area contributed by atoms with E-state index in [1.54, 1.807) is 0 Å². The number of nitrogens with two attached hydrogens (primary N) is 1. The van der Waals surface area contributed by atoms with Gasteiger partial charge in [-0.1, -0.05) is 26.7 Å². The number of amides is 1. The van der Waals surface area contributed by atoms with Crippen LogP contribution in [-0.4, -0.2) is 36.8 Å². The van der Waals surface area contributed by atoms with Crippen molar-refractivity contribution in [3.8, 4) is 0 Å². The number of nitrogens with zero attached hydrogens (tertiary/aromatic N) is 1. The van der Waals surface area contributed by atoms with Gasteiger partial charge >= 0.3 is 6.09 Å². The molecule has 0 fully saturated rings. The molecule has 0 aromatic rings. The number of carbonyl (C=O) groups is 1. The second-order valence-electron chi connectivity index (χ2n) is 6.13. The molecule has 0 heterocycles. The Bertz CT molecular complexity index is 324. The Hall–Kier alpha value is -1.46. The van der Waals surface area contributed by atoms with Crippen molar-refractivity contribution in [2.45, 2.75) is 71.9 Å². The Balaban J connectivity index is 4.32. The van der Waals surface area contributed by atoms with Crippen LogP contribution in [0.3, 0.4) is 0 Å². The van der Waals surface area contributed by atoms with E-state index in [2.05, 4.69) is 29.5 Å². The molecule has 0 aromatic heterocycles. The van der Waals surface area contributed by atoms with Crippen molar-refractivity contribution in [1.82, 2.24) is 10.6 Å². The molecule has 0 rings (SSSR count). The lowest BCUT2D eigenvalue weighted by Gasteiger charge is -2.23.